The highest BCUT2D eigenvalue weighted by atomic mass is 16.2. The first-order chi connectivity index (χ1) is 14.5. The Bertz CT molecular complexity index is 937. The van der Waals surface area contributed by atoms with E-state index in [0.717, 1.165) is 35.7 Å². The zero-order valence-corrected chi connectivity index (χ0v) is 17.4. The maximum Gasteiger partial charge on any atom is 0.324 e. The van der Waals surface area contributed by atoms with Gasteiger partial charge >= 0.3 is 6.03 Å². The average molecular weight is 411 g/mol. The van der Waals surface area contributed by atoms with E-state index in [2.05, 4.69) is 22.5 Å². The van der Waals surface area contributed by atoms with Crippen molar-refractivity contribution >= 4 is 28.7 Å². The van der Waals surface area contributed by atoms with Crippen molar-refractivity contribution in [2.24, 2.45) is 5.92 Å². The van der Waals surface area contributed by atoms with Crippen LogP contribution in [0, 0.1) is 5.92 Å². The van der Waals surface area contributed by atoms with Gasteiger partial charge in [-0.3, -0.25) is 14.5 Å². The van der Waals surface area contributed by atoms with Gasteiger partial charge in [0.05, 0.1) is 0 Å². The molecule has 2 aliphatic rings. The Balaban J connectivity index is 1.27. The Morgan fingerprint density at radius 3 is 2.83 bits per heavy atom. The Morgan fingerprint density at radius 2 is 2.00 bits per heavy atom. The first kappa shape index (κ1) is 20.4. The van der Waals surface area contributed by atoms with Crippen LogP contribution in [-0.2, 0) is 16.0 Å². The van der Waals surface area contributed by atoms with Crippen molar-refractivity contribution in [3.05, 3.63) is 36.0 Å². The number of carbonyl (C=O) groups excluding carboxylic acids is 3. The summed E-state index contributed by atoms with van der Waals surface area (Å²) in [7, 11) is 0. The predicted octanol–water partition coefficient (Wildman–Crippen LogP) is 3.11. The quantitative estimate of drug-likeness (QED) is 0.612. The van der Waals surface area contributed by atoms with Gasteiger partial charge in [-0.25, -0.2) is 4.79 Å². The van der Waals surface area contributed by atoms with E-state index in [1.54, 1.807) is 0 Å². The normalized spacial score (nSPS) is 24.3. The molecule has 4 amide bonds. The lowest BCUT2D eigenvalue weighted by molar-refractivity contribution is -0.127. The molecule has 2 fully saturated rings. The van der Waals surface area contributed by atoms with Crippen LogP contribution in [0.5, 0.6) is 0 Å². The second-order valence-corrected chi connectivity index (χ2v) is 8.58. The third-order valence-corrected chi connectivity index (χ3v) is 6.50. The molecule has 0 unspecified atom stereocenters. The van der Waals surface area contributed by atoms with Crippen LogP contribution in [-0.4, -0.2) is 46.4 Å². The molecule has 1 saturated heterocycles. The van der Waals surface area contributed by atoms with Crippen LogP contribution in [0.15, 0.2) is 30.5 Å². The van der Waals surface area contributed by atoms with Crippen molar-refractivity contribution in [1.29, 1.82) is 0 Å². The minimum absolute atomic E-state index is 0.0342. The van der Waals surface area contributed by atoms with Crippen LogP contribution in [0.4, 0.5) is 4.79 Å². The predicted molar refractivity (Wildman–Crippen MR) is 115 cm³/mol. The van der Waals surface area contributed by atoms with E-state index >= 15 is 0 Å². The smallest absolute Gasteiger partial charge is 0.324 e. The molecular weight excluding hydrogens is 380 g/mol. The molecule has 3 N–H and O–H groups in total. The van der Waals surface area contributed by atoms with E-state index in [1.165, 1.54) is 11.3 Å². The topological polar surface area (TPSA) is 94.3 Å². The monoisotopic (exact) mass is 410 g/mol. The highest BCUT2D eigenvalue weighted by Crippen LogP contribution is 2.24. The molecule has 1 saturated carbocycles. The third-order valence-electron chi connectivity index (χ3n) is 6.50. The SMILES string of the molecule is C[C@H]1CCCC[C@@H]1NC(=O)CC[C@@H]1NC(=O)N(CCc2c[nH]c3ccccc23)C1=O. The van der Waals surface area contributed by atoms with E-state index in [9.17, 15) is 14.4 Å². The molecule has 3 atom stereocenters. The van der Waals surface area contributed by atoms with Gasteiger partial charge in [0, 0.05) is 36.1 Å². The maximum absolute atomic E-state index is 12.7. The van der Waals surface area contributed by atoms with Gasteiger partial charge in [0.1, 0.15) is 6.04 Å². The molecule has 1 aliphatic carbocycles. The second-order valence-electron chi connectivity index (χ2n) is 8.58. The van der Waals surface area contributed by atoms with Crippen molar-refractivity contribution < 1.29 is 14.4 Å². The van der Waals surface area contributed by atoms with E-state index in [4.69, 9.17) is 0 Å². The number of para-hydroxylation sites is 1. The minimum atomic E-state index is -0.616. The molecule has 2 aromatic rings. The summed E-state index contributed by atoms with van der Waals surface area (Å²) in [5.41, 5.74) is 2.12. The van der Waals surface area contributed by atoms with Crippen LogP contribution in [0.2, 0.25) is 0 Å². The number of aromatic amines is 1. The number of H-pyrrole nitrogens is 1. The highest BCUT2D eigenvalue weighted by Gasteiger charge is 2.37. The number of imide groups is 1. The van der Waals surface area contributed by atoms with Crippen LogP contribution in [0.3, 0.4) is 0 Å². The fraction of sp³-hybridized carbons (Fsp3) is 0.522. The van der Waals surface area contributed by atoms with Gasteiger partial charge in [-0.15, -0.1) is 0 Å². The number of amides is 4. The molecule has 2 heterocycles. The lowest BCUT2D eigenvalue weighted by Gasteiger charge is -2.29. The summed E-state index contributed by atoms with van der Waals surface area (Å²) in [6.45, 7) is 2.51. The number of nitrogens with zero attached hydrogens (tertiary/aromatic N) is 1. The molecule has 1 aromatic heterocycles. The fourth-order valence-corrected chi connectivity index (χ4v) is 4.64. The van der Waals surface area contributed by atoms with Crippen LogP contribution < -0.4 is 10.6 Å². The number of urea groups is 1. The highest BCUT2D eigenvalue weighted by molar-refractivity contribution is 6.04. The first-order valence-electron chi connectivity index (χ1n) is 11.0. The molecule has 7 nitrogen and oxygen atoms in total. The summed E-state index contributed by atoms with van der Waals surface area (Å²) in [6.07, 6.45) is 7.65. The van der Waals surface area contributed by atoms with E-state index in [1.807, 2.05) is 30.5 Å². The number of benzene rings is 1. The number of hydrogen-bond donors (Lipinski definition) is 3. The van der Waals surface area contributed by atoms with Gasteiger partial charge in [0.2, 0.25) is 5.91 Å². The number of hydrogen-bond acceptors (Lipinski definition) is 3. The summed E-state index contributed by atoms with van der Waals surface area (Å²) in [6, 6.07) is 7.22. The molecule has 1 aliphatic heterocycles. The number of rotatable bonds is 7. The van der Waals surface area contributed by atoms with Crippen molar-refractivity contribution in [3.8, 4) is 0 Å². The maximum atomic E-state index is 12.7. The molecule has 4 rings (SSSR count). The van der Waals surface area contributed by atoms with E-state index in [0.29, 0.717) is 25.3 Å². The van der Waals surface area contributed by atoms with Gasteiger partial charge in [0.15, 0.2) is 0 Å². The lowest BCUT2D eigenvalue weighted by atomic mass is 9.86. The Morgan fingerprint density at radius 1 is 1.20 bits per heavy atom. The summed E-state index contributed by atoms with van der Waals surface area (Å²) in [5.74, 6) is 0.224. The largest absolute Gasteiger partial charge is 0.361 e. The van der Waals surface area contributed by atoms with Gasteiger partial charge in [-0.05, 0) is 43.2 Å². The molecule has 0 radical (unpaired) electrons. The van der Waals surface area contributed by atoms with Crippen LogP contribution >= 0.6 is 0 Å². The zero-order valence-electron chi connectivity index (χ0n) is 17.4. The Hall–Kier alpha value is -2.83. The van der Waals surface area contributed by atoms with Crippen molar-refractivity contribution in [1.82, 2.24) is 20.5 Å². The van der Waals surface area contributed by atoms with Crippen LogP contribution in [0.25, 0.3) is 10.9 Å². The number of aromatic nitrogens is 1. The van der Waals surface area contributed by atoms with Crippen LogP contribution in [0.1, 0.15) is 51.0 Å². The minimum Gasteiger partial charge on any atom is -0.361 e. The number of carbonyl (C=O) groups is 3. The van der Waals surface area contributed by atoms with Gasteiger partial charge in [-0.1, -0.05) is 38.0 Å². The lowest BCUT2D eigenvalue weighted by Crippen LogP contribution is -2.41. The Kier molecular flexibility index (Phi) is 6.06. The second kappa shape index (κ2) is 8.90. The molecule has 30 heavy (non-hydrogen) atoms. The zero-order chi connectivity index (χ0) is 21.1. The van der Waals surface area contributed by atoms with E-state index in [-0.39, 0.29) is 30.3 Å². The summed E-state index contributed by atoms with van der Waals surface area (Å²) >= 11 is 0. The molecular formula is C23H30N4O3. The molecule has 160 valence electrons. The summed E-state index contributed by atoms with van der Waals surface area (Å²) < 4.78 is 0. The van der Waals surface area contributed by atoms with Crippen molar-refractivity contribution in [2.75, 3.05) is 6.54 Å². The van der Waals surface area contributed by atoms with Crippen molar-refractivity contribution in [3.63, 3.8) is 0 Å². The first-order valence-corrected chi connectivity index (χ1v) is 11.0. The van der Waals surface area contributed by atoms with Gasteiger partial charge < -0.3 is 15.6 Å². The van der Waals surface area contributed by atoms with Crippen molar-refractivity contribution in [2.45, 2.75) is 64.0 Å². The average Bonchev–Trinajstić information content (AvgIpc) is 3.27. The number of fused-ring (bicyclic) bond motifs is 1. The molecule has 0 spiro atoms. The molecule has 1 aromatic carbocycles. The number of nitrogens with one attached hydrogen (secondary N) is 3. The Labute approximate surface area is 176 Å². The molecule has 0 bridgehead atoms. The van der Waals surface area contributed by atoms with Gasteiger partial charge in [0.25, 0.3) is 5.91 Å². The fourth-order valence-electron chi connectivity index (χ4n) is 4.64. The summed E-state index contributed by atoms with van der Waals surface area (Å²) in [4.78, 5) is 41.8. The van der Waals surface area contributed by atoms with E-state index < -0.39 is 6.04 Å². The third kappa shape index (κ3) is 4.35. The molecule has 7 heteroatoms. The standard InChI is InChI=1S/C23H30N4O3/c1-15-6-2-4-8-18(15)25-21(28)11-10-20-22(29)27(23(30)26-20)13-12-16-14-24-19-9-5-3-7-17(16)19/h3,5,7,9,14-15,18,20,24H,2,4,6,8,10-13H2,1H3,(H,25,28)(H,26,30)/t15-,18-,20-/m0/s1. The van der Waals surface area contributed by atoms with Gasteiger partial charge in [-0.2, -0.15) is 0 Å². The summed E-state index contributed by atoms with van der Waals surface area (Å²) in [5, 5.41) is 6.96.